The molecule has 0 amide bonds. The maximum atomic E-state index is 5.67. The number of nitrogens with zero attached hydrogens (tertiary/aromatic N) is 2. The van der Waals surface area contributed by atoms with Crippen LogP contribution in [0.3, 0.4) is 0 Å². The van der Waals surface area contributed by atoms with Crippen LogP contribution in [0.2, 0.25) is 0 Å². The van der Waals surface area contributed by atoms with Gasteiger partial charge in [-0.25, -0.2) is 0 Å². The molecule has 2 aliphatic heterocycles. The minimum Gasteiger partial charge on any atom is -0.487 e. The lowest BCUT2D eigenvalue weighted by Gasteiger charge is -2.19. The van der Waals surface area contributed by atoms with Gasteiger partial charge in [-0.3, -0.25) is 9.98 Å². The third kappa shape index (κ3) is 0.706. The Hall–Kier alpha value is -1.38. The third-order valence-electron chi connectivity index (χ3n) is 2.29. The van der Waals surface area contributed by atoms with E-state index in [4.69, 9.17) is 4.74 Å². The smallest absolute Gasteiger partial charge is 0.131 e. The molecule has 1 aromatic rings. The summed E-state index contributed by atoms with van der Waals surface area (Å²) in [5, 5.41) is 0. The molecule has 0 fully saturated rings. The van der Waals surface area contributed by atoms with Crippen molar-refractivity contribution in [2.24, 2.45) is 4.99 Å². The zero-order valence-electron chi connectivity index (χ0n) is 6.53. The molecule has 0 aromatic carbocycles. The summed E-state index contributed by atoms with van der Waals surface area (Å²) in [6.45, 7) is 0.810. The Morgan fingerprint density at radius 2 is 2.50 bits per heavy atom. The maximum Gasteiger partial charge on any atom is 0.131 e. The minimum atomic E-state index is 0.287. The molecular formula is C9H8N2O. The topological polar surface area (TPSA) is 34.5 Å². The van der Waals surface area contributed by atoms with Gasteiger partial charge in [-0.2, -0.15) is 0 Å². The van der Waals surface area contributed by atoms with Crippen LogP contribution in [0.25, 0.3) is 0 Å². The van der Waals surface area contributed by atoms with E-state index < -0.39 is 0 Å². The Balaban J connectivity index is 2.22. The fraction of sp³-hybridized carbons (Fsp3) is 0.333. The van der Waals surface area contributed by atoms with E-state index in [0.29, 0.717) is 0 Å². The van der Waals surface area contributed by atoms with E-state index in [1.807, 2.05) is 12.3 Å². The number of rotatable bonds is 0. The quantitative estimate of drug-likeness (QED) is 0.568. The van der Waals surface area contributed by atoms with Crippen molar-refractivity contribution < 1.29 is 4.74 Å². The van der Waals surface area contributed by atoms with Gasteiger partial charge in [0.15, 0.2) is 0 Å². The van der Waals surface area contributed by atoms with Crippen molar-refractivity contribution in [3.63, 3.8) is 0 Å². The van der Waals surface area contributed by atoms with E-state index in [0.717, 1.165) is 30.0 Å². The van der Waals surface area contributed by atoms with Crippen molar-refractivity contribution in [1.82, 2.24) is 4.98 Å². The second kappa shape index (κ2) is 2.06. The second-order valence-electron chi connectivity index (χ2n) is 3.10. The van der Waals surface area contributed by atoms with Crippen molar-refractivity contribution >= 4 is 5.71 Å². The Kier molecular flexibility index (Phi) is 1.06. The lowest BCUT2D eigenvalue weighted by atomic mass is 10.1. The lowest BCUT2D eigenvalue weighted by Crippen LogP contribution is -2.23. The molecule has 0 aliphatic carbocycles. The molecule has 1 aromatic heterocycles. The summed E-state index contributed by atoms with van der Waals surface area (Å²) in [5.74, 6) is 0.942. The van der Waals surface area contributed by atoms with E-state index in [2.05, 4.69) is 9.98 Å². The molecule has 0 spiro atoms. The second-order valence-corrected chi connectivity index (χ2v) is 3.10. The monoisotopic (exact) mass is 160 g/mol. The van der Waals surface area contributed by atoms with E-state index in [9.17, 15) is 0 Å². The van der Waals surface area contributed by atoms with Gasteiger partial charge in [0.05, 0.1) is 17.8 Å². The van der Waals surface area contributed by atoms with Crippen LogP contribution in [0.5, 0.6) is 5.75 Å². The summed E-state index contributed by atoms with van der Waals surface area (Å²) in [5.41, 5.74) is 2.24. The molecule has 0 N–H and O–H groups in total. The van der Waals surface area contributed by atoms with Crippen LogP contribution in [-0.2, 0) is 0 Å². The minimum absolute atomic E-state index is 0.287. The van der Waals surface area contributed by atoms with Gasteiger partial charge >= 0.3 is 0 Å². The van der Waals surface area contributed by atoms with E-state index in [1.54, 1.807) is 6.20 Å². The molecule has 0 radical (unpaired) electrons. The number of hydrogen-bond acceptors (Lipinski definition) is 3. The van der Waals surface area contributed by atoms with Crippen LogP contribution < -0.4 is 4.74 Å². The molecule has 12 heavy (non-hydrogen) atoms. The highest BCUT2D eigenvalue weighted by Gasteiger charge is 2.28. The van der Waals surface area contributed by atoms with Gasteiger partial charge in [0, 0.05) is 18.8 Å². The third-order valence-corrected chi connectivity index (χ3v) is 2.29. The fourth-order valence-corrected chi connectivity index (χ4v) is 1.71. The fourth-order valence-electron chi connectivity index (χ4n) is 1.71. The van der Waals surface area contributed by atoms with Crippen LogP contribution in [0.4, 0.5) is 0 Å². The molecule has 1 unspecified atom stereocenters. The standard InChI is InChI=1S/C9H8N2O/c1-2-10-5-7-8-3-6(4-11-8)12-9(1)7/h1-2,5-6H,3-4H2. The Morgan fingerprint density at radius 1 is 1.50 bits per heavy atom. The first-order valence-electron chi connectivity index (χ1n) is 4.08. The highest BCUT2D eigenvalue weighted by atomic mass is 16.5. The van der Waals surface area contributed by atoms with Gasteiger partial charge < -0.3 is 4.74 Å². The molecule has 3 heteroatoms. The Morgan fingerprint density at radius 3 is 3.50 bits per heavy atom. The molecule has 0 saturated carbocycles. The first kappa shape index (κ1) is 6.17. The number of aliphatic imine (C=N–C) groups is 1. The van der Waals surface area contributed by atoms with E-state index in [1.165, 1.54) is 0 Å². The van der Waals surface area contributed by atoms with Gasteiger partial charge in [-0.1, -0.05) is 0 Å². The SMILES string of the molecule is c1cc2c(cn1)C1=NCC(C1)O2. The largest absolute Gasteiger partial charge is 0.487 e. The van der Waals surface area contributed by atoms with Crippen molar-refractivity contribution in [2.45, 2.75) is 12.5 Å². The first-order valence-corrected chi connectivity index (χ1v) is 4.08. The highest BCUT2D eigenvalue weighted by molar-refractivity contribution is 6.04. The maximum absolute atomic E-state index is 5.67. The van der Waals surface area contributed by atoms with Gasteiger partial charge in [0.1, 0.15) is 11.9 Å². The van der Waals surface area contributed by atoms with Crippen molar-refractivity contribution in [1.29, 1.82) is 0 Å². The van der Waals surface area contributed by atoms with Crippen LogP contribution in [0.1, 0.15) is 12.0 Å². The van der Waals surface area contributed by atoms with Crippen LogP contribution in [-0.4, -0.2) is 23.3 Å². The van der Waals surface area contributed by atoms with Crippen LogP contribution in [0, 0.1) is 0 Å². The van der Waals surface area contributed by atoms with Crippen molar-refractivity contribution in [3.8, 4) is 5.75 Å². The molecular weight excluding hydrogens is 152 g/mol. The molecule has 2 aliphatic rings. The first-order chi connectivity index (χ1) is 5.93. The van der Waals surface area contributed by atoms with E-state index in [-0.39, 0.29) is 6.10 Å². The molecule has 60 valence electrons. The molecule has 3 nitrogen and oxygen atoms in total. The molecule has 2 bridgehead atoms. The van der Waals surface area contributed by atoms with Gasteiger partial charge in [0.25, 0.3) is 0 Å². The predicted molar refractivity (Wildman–Crippen MR) is 44.7 cm³/mol. The molecule has 1 atom stereocenters. The van der Waals surface area contributed by atoms with Crippen LogP contribution >= 0.6 is 0 Å². The number of aromatic nitrogens is 1. The number of fused-ring (bicyclic) bond motifs is 4. The summed E-state index contributed by atoms with van der Waals surface area (Å²) >= 11 is 0. The normalized spacial score (nSPS) is 24.3. The molecule has 3 rings (SSSR count). The Bertz CT molecular complexity index is 359. The van der Waals surface area contributed by atoms with Crippen molar-refractivity contribution in [2.75, 3.05) is 6.54 Å². The van der Waals surface area contributed by atoms with E-state index >= 15 is 0 Å². The Labute approximate surface area is 70.1 Å². The molecule has 0 saturated heterocycles. The number of hydrogen-bond donors (Lipinski definition) is 0. The van der Waals surface area contributed by atoms with Gasteiger partial charge in [0.2, 0.25) is 0 Å². The van der Waals surface area contributed by atoms with Gasteiger partial charge in [-0.15, -0.1) is 0 Å². The summed E-state index contributed by atoms with van der Waals surface area (Å²) in [6, 6.07) is 1.91. The number of pyridine rings is 1. The zero-order valence-corrected chi connectivity index (χ0v) is 6.53. The predicted octanol–water partition coefficient (Wildman–Crippen LogP) is 1.04. The lowest BCUT2D eigenvalue weighted by molar-refractivity contribution is 0.221. The zero-order chi connectivity index (χ0) is 7.97. The summed E-state index contributed by atoms with van der Waals surface area (Å²) in [4.78, 5) is 8.44. The summed E-state index contributed by atoms with van der Waals surface area (Å²) in [7, 11) is 0. The number of ether oxygens (including phenoxy) is 1. The van der Waals surface area contributed by atoms with Crippen molar-refractivity contribution in [3.05, 3.63) is 24.0 Å². The van der Waals surface area contributed by atoms with Gasteiger partial charge in [-0.05, 0) is 6.07 Å². The van der Waals surface area contributed by atoms with Crippen LogP contribution in [0.15, 0.2) is 23.5 Å². The summed E-state index contributed by atoms with van der Waals surface area (Å²) < 4.78 is 5.67. The average Bonchev–Trinajstić information content (AvgIpc) is 2.49. The highest BCUT2D eigenvalue weighted by Crippen LogP contribution is 2.30. The summed E-state index contributed by atoms with van der Waals surface area (Å²) in [6.07, 6.45) is 4.83. The average molecular weight is 160 g/mol. The molecule has 3 heterocycles.